The van der Waals surface area contributed by atoms with Crippen LogP contribution >= 0.6 is 11.8 Å². The van der Waals surface area contributed by atoms with E-state index in [0.717, 1.165) is 22.4 Å². The fraction of sp³-hybridized carbons (Fsp3) is 0.208. The number of carbonyl (C=O) groups is 1. The van der Waals surface area contributed by atoms with E-state index >= 15 is 0 Å². The summed E-state index contributed by atoms with van der Waals surface area (Å²) in [4.78, 5) is 12.3. The van der Waals surface area contributed by atoms with Gasteiger partial charge in [0.15, 0.2) is 0 Å². The first-order valence-corrected chi connectivity index (χ1v) is 12.6. The minimum Gasteiger partial charge on any atom is -0.497 e. The minimum absolute atomic E-state index is 0.127. The van der Waals surface area contributed by atoms with Crippen LogP contribution in [0.25, 0.3) is 0 Å². The lowest BCUT2D eigenvalue weighted by atomic mass is 10.1. The molecule has 0 bridgehead atoms. The Morgan fingerprint density at radius 1 is 0.906 bits per heavy atom. The summed E-state index contributed by atoms with van der Waals surface area (Å²) >= 11 is 1.50. The highest BCUT2D eigenvalue weighted by molar-refractivity contribution is 7.99. The van der Waals surface area contributed by atoms with Gasteiger partial charge in [0.2, 0.25) is 5.91 Å². The Bertz CT molecular complexity index is 1180. The molecule has 3 aromatic rings. The number of hydrogen-bond donors (Lipinski definition) is 2. The Morgan fingerprint density at radius 3 is 2.19 bits per heavy atom. The number of nitrogens with one attached hydrogen (secondary N) is 2. The Balaban J connectivity index is 1.52. The van der Waals surface area contributed by atoms with Gasteiger partial charge in [0.1, 0.15) is 5.75 Å². The van der Waals surface area contributed by atoms with Gasteiger partial charge in [-0.25, -0.2) is 8.42 Å². The lowest BCUT2D eigenvalue weighted by molar-refractivity contribution is -0.113. The van der Waals surface area contributed by atoms with Gasteiger partial charge < -0.3 is 10.1 Å². The van der Waals surface area contributed by atoms with Gasteiger partial charge in [0, 0.05) is 17.1 Å². The van der Waals surface area contributed by atoms with Crippen LogP contribution in [0.1, 0.15) is 16.7 Å². The zero-order valence-corrected chi connectivity index (χ0v) is 19.8. The van der Waals surface area contributed by atoms with Gasteiger partial charge in [-0.1, -0.05) is 18.2 Å². The maximum absolute atomic E-state index is 12.6. The Morgan fingerprint density at radius 2 is 1.56 bits per heavy atom. The lowest BCUT2D eigenvalue weighted by Gasteiger charge is -2.11. The summed E-state index contributed by atoms with van der Waals surface area (Å²) in [6.07, 6.45) is 0. The molecule has 32 heavy (non-hydrogen) atoms. The fourth-order valence-corrected chi connectivity index (χ4v) is 4.75. The van der Waals surface area contributed by atoms with Crippen molar-refractivity contribution in [2.24, 2.45) is 0 Å². The molecule has 0 atom stereocenters. The van der Waals surface area contributed by atoms with E-state index in [-0.39, 0.29) is 10.8 Å². The molecule has 0 radical (unpaired) electrons. The van der Waals surface area contributed by atoms with Crippen molar-refractivity contribution >= 4 is 39.1 Å². The van der Waals surface area contributed by atoms with E-state index in [4.69, 9.17) is 4.74 Å². The quantitative estimate of drug-likeness (QED) is 0.461. The smallest absolute Gasteiger partial charge is 0.261 e. The topological polar surface area (TPSA) is 84.5 Å². The molecule has 2 N–H and O–H groups in total. The summed E-state index contributed by atoms with van der Waals surface area (Å²) in [6.45, 7) is 3.90. The van der Waals surface area contributed by atoms with Crippen molar-refractivity contribution in [3.05, 3.63) is 83.4 Å². The molecular formula is C24H26N2O4S2. The summed E-state index contributed by atoms with van der Waals surface area (Å²) in [5.41, 5.74) is 4.27. The summed E-state index contributed by atoms with van der Waals surface area (Å²) in [6, 6.07) is 19.2. The van der Waals surface area contributed by atoms with E-state index in [1.165, 1.54) is 23.9 Å². The van der Waals surface area contributed by atoms with Crippen LogP contribution in [0.15, 0.2) is 71.6 Å². The molecule has 0 aliphatic rings. The minimum atomic E-state index is -3.71. The molecule has 168 valence electrons. The highest BCUT2D eigenvalue weighted by atomic mass is 32.2. The number of benzene rings is 3. The molecule has 3 aromatic carbocycles. The number of ether oxygens (including phenoxy) is 1. The van der Waals surface area contributed by atoms with Crippen LogP contribution in [0.5, 0.6) is 5.75 Å². The Kier molecular flexibility index (Phi) is 7.82. The van der Waals surface area contributed by atoms with Crippen LogP contribution in [0, 0.1) is 13.8 Å². The summed E-state index contributed by atoms with van der Waals surface area (Å²) in [5, 5.41) is 2.79. The summed E-state index contributed by atoms with van der Waals surface area (Å²) in [5.74, 6) is 1.65. The van der Waals surface area contributed by atoms with Crippen molar-refractivity contribution in [3.63, 3.8) is 0 Å². The van der Waals surface area contributed by atoms with Crippen LogP contribution in [-0.2, 0) is 20.6 Å². The molecule has 0 unspecified atom stereocenters. The maximum Gasteiger partial charge on any atom is 0.261 e. The molecule has 0 aliphatic heterocycles. The van der Waals surface area contributed by atoms with E-state index in [0.29, 0.717) is 22.9 Å². The van der Waals surface area contributed by atoms with Gasteiger partial charge in [-0.15, -0.1) is 11.8 Å². The van der Waals surface area contributed by atoms with Gasteiger partial charge in [-0.2, -0.15) is 0 Å². The third kappa shape index (κ3) is 6.51. The SMILES string of the molecule is COc1ccc(CSCC(=O)Nc2ccc(S(=O)(=O)Nc3ccc(C)c(C)c3)cc2)cc1. The molecule has 0 aromatic heterocycles. The first kappa shape index (κ1) is 23.7. The normalized spacial score (nSPS) is 11.1. The number of carbonyl (C=O) groups excluding carboxylic acids is 1. The molecule has 0 heterocycles. The molecule has 0 spiro atoms. The van der Waals surface area contributed by atoms with Crippen molar-refractivity contribution in [1.29, 1.82) is 0 Å². The Hall–Kier alpha value is -2.97. The van der Waals surface area contributed by atoms with Gasteiger partial charge in [-0.3, -0.25) is 9.52 Å². The summed E-state index contributed by atoms with van der Waals surface area (Å²) in [7, 11) is -2.09. The molecular weight excluding hydrogens is 444 g/mol. The van der Waals surface area contributed by atoms with Gasteiger partial charge in [-0.05, 0) is 79.1 Å². The van der Waals surface area contributed by atoms with E-state index in [2.05, 4.69) is 10.0 Å². The predicted molar refractivity (Wildman–Crippen MR) is 131 cm³/mol. The van der Waals surface area contributed by atoms with E-state index in [9.17, 15) is 13.2 Å². The fourth-order valence-electron chi connectivity index (χ4n) is 2.92. The Labute approximate surface area is 193 Å². The zero-order chi connectivity index (χ0) is 23.1. The third-order valence-corrected chi connectivity index (χ3v) is 7.27. The first-order chi connectivity index (χ1) is 15.3. The number of hydrogen-bond acceptors (Lipinski definition) is 5. The largest absolute Gasteiger partial charge is 0.497 e. The van der Waals surface area contributed by atoms with Crippen molar-refractivity contribution in [2.75, 3.05) is 22.9 Å². The maximum atomic E-state index is 12.6. The number of methoxy groups -OCH3 is 1. The lowest BCUT2D eigenvalue weighted by Crippen LogP contribution is -2.15. The number of amides is 1. The standard InChI is InChI=1S/C24H26N2O4S2/c1-17-4-7-21(14-18(17)2)26-32(28,29)23-12-8-20(9-13-23)25-24(27)16-31-15-19-5-10-22(30-3)11-6-19/h4-14,26H,15-16H2,1-3H3,(H,25,27). The molecule has 6 nitrogen and oxygen atoms in total. The van der Waals surface area contributed by atoms with Crippen LogP contribution in [0.2, 0.25) is 0 Å². The molecule has 1 amide bonds. The highest BCUT2D eigenvalue weighted by Gasteiger charge is 2.15. The average Bonchev–Trinajstić information content (AvgIpc) is 2.77. The summed E-state index contributed by atoms with van der Waals surface area (Å²) < 4.78 is 33.0. The first-order valence-electron chi connectivity index (χ1n) is 9.97. The van der Waals surface area contributed by atoms with Crippen LogP contribution in [0.3, 0.4) is 0 Å². The zero-order valence-electron chi connectivity index (χ0n) is 18.2. The van der Waals surface area contributed by atoms with Crippen molar-refractivity contribution in [3.8, 4) is 5.75 Å². The van der Waals surface area contributed by atoms with E-state index < -0.39 is 10.0 Å². The van der Waals surface area contributed by atoms with Crippen LogP contribution in [0.4, 0.5) is 11.4 Å². The second-order valence-corrected chi connectivity index (χ2v) is 9.99. The number of aryl methyl sites for hydroxylation is 2. The number of thioether (sulfide) groups is 1. The van der Waals surface area contributed by atoms with Crippen LogP contribution < -0.4 is 14.8 Å². The van der Waals surface area contributed by atoms with E-state index in [1.54, 1.807) is 31.4 Å². The monoisotopic (exact) mass is 470 g/mol. The van der Waals surface area contributed by atoms with Crippen molar-refractivity contribution in [1.82, 2.24) is 0 Å². The second kappa shape index (κ2) is 10.6. The van der Waals surface area contributed by atoms with Crippen molar-refractivity contribution in [2.45, 2.75) is 24.5 Å². The molecule has 0 fully saturated rings. The second-order valence-electron chi connectivity index (χ2n) is 7.32. The molecule has 0 aliphatic carbocycles. The molecule has 3 rings (SSSR count). The average molecular weight is 471 g/mol. The molecule has 0 saturated heterocycles. The van der Waals surface area contributed by atoms with E-state index in [1.807, 2.05) is 44.2 Å². The van der Waals surface area contributed by atoms with Gasteiger partial charge in [0.05, 0.1) is 17.8 Å². The molecule has 8 heteroatoms. The number of sulfonamides is 1. The van der Waals surface area contributed by atoms with Crippen molar-refractivity contribution < 1.29 is 17.9 Å². The number of rotatable bonds is 9. The number of anilines is 2. The third-order valence-electron chi connectivity index (χ3n) is 4.87. The highest BCUT2D eigenvalue weighted by Crippen LogP contribution is 2.21. The van der Waals surface area contributed by atoms with Crippen LogP contribution in [-0.4, -0.2) is 27.2 Å². The van der Waals surface area contributed by atoms with Gasteiger partial charge in [0.25, 0.3) is 10.0 Å². The van der Waals surface area contributed by atoms with Gasteiger partial charge >= 0.3 is 0 Å². The molecule has 0 saturated carbocycles. The predicted octanol–water partition coefficient (Wildman–Crippen LogP) is 4.98.